The van der Waals surface area contributed by atoms with Crippen LogP contribution in [0.3, 0.4) is 0 Å². The Morgan fingerprint density at radius 2 is 1.84 bits per heavy atom. The normalized spacial score (nSPS) is 26.0. The lowest BCUT2D eigenvalue weighted by molar-refractivity contribution is -0.162. The van der Waals surface area contributed by atoms with Crippen molar-refractivity contribution >= 4 is 11.9 Å². The quantitative estimate of drug-likeness (QED) is 0.912. The minimum absolute atomic E-state index is 0.191. The molecule has 2 saturated carbocycles. The average molecular weight is 343 g/mol. The molecule has 1 aromatic carbocycles. The number of rotatable bonds is 4. The zero-order valence-corrected chi connectivity index (χ0v) is 14.7. The zero-order valence-electron chi connectivity index (χ0n) is 14.7. The highest BCUT2D eigenvalue weighted by molar-refractivity contribution is 5.84. The molecule has 3 aliphatic rings. The molecule has 0 unspecified atom stereocenters. The number of amides is 1. The number of likely N-dealkylation sites (tertiary alicyclic amines) is 1. The van der Waals surface area contributed by atoms with Crippen molar-refractivity contribution < 1.29 is 19.4 Å². The van der Waals surface area contributed by atoms with Crippen molar-refractivity contribution in [1.82, 2.24) is 4.90 Å². The second-order valence-electron chi connectivity index (χ2n) is 7.96. The summed E-state index contributed by atoms with van der Waals surface area (Å²) in [6, 6.07) is 7.47. The summed E-state index contributed by atoms with van der Waals surface area (Å²) in [5.41, 5.74) is 0.00275. The molecule has 1 N–H and O–H groups in total. The Morgan fingerprint density at radius 3 is 2.36 bits per heavy atom. The van der Waals surface area contributed by atoms with E-state index in [0.29, 0.717) is 37.1 Å². The summed E-state index contributed by atoms with van der Waals surface area (Å²) in [7, 11) is 0. The molecule has 0 radical (unpaired) electrons. The number of benzene rings is 1. The number of carboxylic acid groups (broad SMARTS) is 1. The van der Waals surface area contributed by atoms with E-state index >= 15 is 0 Å². The van der Waals surface area contributed by atoms with Crippen LogP contribution in [-0.2, 0) is 9.59 Å². The van der Waals surface area contributed by atoms with E-state index in [9.17, 15) is 14.7 Å². The van der Waals surface area contributed by atoms with E-state index in [2.05, 4.69) is 0 Å². The fraction of sp³-hybridized carbons (Fsp3) is 0.600. The van der Waals surface area contributed by atoms with Gasteiger partial charge < -0.3 is 14.7 Å². The number of aliphatic carboxylic acids is 1. The second-order valence-corrected chi connectivity index (χ2v) is 7.96. The van der Waals surface area contributed by atoms with Crippen molar-refractivity contribution in [1.29, 1.82) is 0 Å². The monoisotopic (exact) mass is 343 g/mol. The summed E-state index contributed by atoms with van der Waals surface area (Å²) in [5.74, 6) is 0.0930. The number of carbonyl (C=O) groups excluding carboxylic acids is 1. The second kappa shape index (κ2) is 5.75. The number of aryl methyl sites for hydroxylation is 1. The number of hydrogen-bond donors (Lipinski definition) is 1. The van der Waals surface area contributed by atoms with E-state index in [1.165, 1.54) is 19.3 Å². The fourth-order valence-corrected chi connectivity index (χ4v) is 4.43. The number of nitrogens with zero attached hydrogens (tertiary/aromatic N) is 1. The van der Waals surface area contributed by atoms with Gasteiger partial charge in [0, 0.05) is 31.8 Å². The van der Waals surface area contributed by atoms with Gasteiger partial charge in [-0.05, 0) is 43.2 Å². The lowest BCUT2D eigenvalue weighted by atomic mass is 9.79. The molecule has 5 nitrogen and oxygen atoms in total. The molecule has 1 aliphatic heterocycles. The third-order valence-electron chi connectivity index (χ3n) is 6.51. The van der Waals surface area contributed by atoms with E-state index in [0.717, 1.165) is 12.0 Å². The summed E-state index contributed by atoms with van der Waals surface area (Å²) in [6.07, 6.45) is 5.33. The molecule has 1 atom stereocenters. The molecule has 0 aromatic heterocycles. The molecule has 4 rings (SSSR count). The van der Waals surface area contributed by atoms with Gasteiger partial charge >= 0.3 is 5.97 Å². The van der Waals surface area contributed by atoms with Crippen LogP contribution in [0, 0.1) is 18.3 Å². The van der Waals surface area contributed by atoms with Crippen molar-refractivity contribution in [2.75, 3.05) is 13.1 Å². The predicted octanol–water partition coefficient (Wildman–Crippen LogP) is 3.01. The van der Waals surface area contributed by atoms with Gasteiger partial charge in [0.15, 0.2) is 0 Å². The van der Waals surface area contributed by atoms with Crippen LogP contribution < -0.4 is 4.74 Å². The first kappa shape index (κ1) is 16.4. The SMILES string of the molecule is Cc1ccccc1OC1(C(=O)O)CCN(C(=O)[C@H]2CC23CCC3)CC1. The van der Waals surface area contributed by atoms with E-state index < -0.39 is 11.6 Å². The van der Waals surface area contributed by atoms with Gasteiger partial charge in [-0.15, -0.1) is 0 Å². The third kappa shape index (κ3) is 2.70. The van der Waals surface area contributed by atoms with Crippen LogP contribution in [0.4, 0.5) is 0 Å². The lowest BCUT2D eigenvalue weighted by Gasteiger charge is -2.39. The van der Waals surface area contributed by atoms with Gasteiger partial charge in [0.2, 0.25) is 11.5 Å². The van der Waals surface area contributed by atoms with Crippen LogP contribution in [0.25, 0.3) is 0 Å². The molecule has 3 fully saturated rings. The standard InChI is InChI=1S/C20H25NO4/c1-14-5-2-3-6-16(14)25-20(18(23)24)9-11-21(12-10-20)17(22)15-13-19(15)7-4-8-19/h2-3,5-6,15H,4,7-13H2,1H3,(H,23,24)/t15-/m1/s1. The highest BCUT2D eigenvalue weighted by Gasteiger charge is 2.62. The largest absolute Gasteiger partial charge is 0.478 e. The van der Waals surface area contributed by atoms with Crippen LogP contribution in [0.15, 0.2) is 24.3 Å². The molecule has 134 valence electrons. The maximum absolute atomic E-state index is 12.7. The lowest BCUT2D eigenvalue weighted by Crippen LogP contribution is -2.54. The fourth-order valence-electron chi connectivity index (χ4n) is 4.43. The van der Waals surface area contributed by atoms with Gasteiger partial charge in [-0.1, -0.05) is 24.6 Å². The molecule has 5 heteroatoms. The zero-order chi connectivity index (χ0) is 17.7. The molecule has 2 aliphatic carbocycles. The first-order valence-corrected chi connectivity index (χ1v) is 9.23. The van der Waals surface area contributed by atoms with Crippen LogP contribution in [0.2, 0.25) is 0 Å². The first-order chi connectivity index (χ1) is 12.0. The van der Waals surface area contributed by atoms with Crippen molar-refractivity contribution in [3.8, 4) is 5.75 Å². The van der Waals surface area contributed by atoms with E-state index in [4.69, 9.17) is 4.74 Å². The van der Waals surface area contributed by atoms with Crippen LogP contribution in [0.1, 0.15) is 44.1 Å². The smallest absolute Gasteiger partial charge is 0.348 e. The maximum atomic E-state index is 12.7. The Bertz CT molecular complexity index is 701. The van der Waals surface area contributed by atoms with Crippen molar-refractivity contribution in [2.45, 2.75) is 51.0 Å². The van der Waals surface area contributed by atoms with Gasteiger partial charge in [0.25, 0.3) is 0 Å². The van der Waals surface area contributed by atoms with Gasteiger partial charge in [-0.25, -0.2) is 4.79 Å². The minimum atomic E-state index is -1.24. The van der Waals surface area contributed by atoms with Gasteiger partial charge in [-0.3, -0.25) is 4.79 Å². The summed E-state index contributed by atoms with van der Waals surface area (Å²) < 4.78 is 5.98. The van der Waals surface area contributed by atoms with Gasteiger partial charge in [0.05, 0.1) is 0 Å². The number of carbonyl (C=O) groups is 2. The predicted molar refractivity (Wildman–Crippen MR) is 92.4 cm³/mol. The highest BCUT2D eigenvalue weighted by Crippen LogP contribution is 2.66. The van der Waals surface area contributed by atoms with Crippen LogP contribution >= 0.6 is 0 Å². The van der Waals surface area contributed by atoms with Crippen LogP contribution in [0.5, 0.6) is 5.75 Å². The molecule has 0 bridgehead atoms. The van der Waals surface area contributed by atoms with E-state index in [1.54, 1.807) is 0 Å². The van der Waals surface area contributed by atoms with E-state index in [1.807, 2.05) is 36.1 Å². The van der Waals surface area contributed by atoms with Crippen LogP contribution in [-0.4, -0.2) is 40.6 Å². The molecule has 1 aromatic rings. The Hall–Kier alpha value is -2.04. The Morgan fingerprint density at radius 1 is 1.16 bits per heavy atom. The highest BCUT2D eigenvalue weighted by atomic mass is 16.5. The molecule has 1 saturated heterocycles. The summed E-state index contributed by atoms with van der Waals surface area (Å²) in [4.78, 5) is 26.5. The summed E-state index contributed by atoms with van der Waals surface area (Å²) >= 11 is 0. The third-order valence-corrected chi connectivity index (χ3v) is 6.51. The number of piperidine rings is 1. The molecule has 1 amide bonds. The number of carboxylic acids is 1. The molecule has 1 spiro atoms. The Kier molecular flexibility index (Phi) is 3.78. The average Bonchev–Trinajstić information content (AvgIpc) is 3.33. The van der Waals surface area contributed by atoms with Gasteiger partial charge in [-0.2, -0.15) is 0 Å². The minimum Gasteiger partial charge on any atom is -0.478 e. The Balaban J connectivity index is 1.43. The van der Waals surface area contributed by atoms with E-state index in [-0.39, 0.29) is 11.8 Å². The molecular formula is C20H25NO4. The summed E-state index contributed by atoms with van der Waals surface area (Å²) in [6.45, 7) is 2.84. The topological polar surface area (TPSA) is 66.8 Å². The first-order valence-electron chi connectivity index (χ1n) is 9.23. The molecule has 1 heterocycles. The number of para-hydroxylation sites is 1. The Labute approximate surface area is 148 Å². The molecule has 25 heavy (non-hydrogen) atoms. The van der Waals surface area contributed by atoms with Crippen molar-refractivity contribution in [3.63, 3.8) is 0 Å². The van der Waals surface area contributed by atoms with Gasteiger partial charge in [0.1, 0.15) is 5.75 Å². The molecular weight excluding hydrogens is 318 g/mol. The number of ether oxygens (including phenoxy) is 1. The maximum Gasteiger partial charge on any atom is 0.348 e. The van der Waals surface area contributed by atoms with Crippen molar-refractivity contribution in [2.24, 2.45) is 11.3 Å². The summed E-state index contributed by atoms with van der Waals surface area (Å²) in [5, 5.41) is 9.79. The van der Waals surface area contributed by atoms with Crippen molar-refractivity contribution in [3.05, 3.63) is 29.8 Å². The number of hydrogen-bond acceptors (Lipinski definition) is 3.